The van der Waals surface area contributed by atoms with Gasteiger partial charge >= 0.3 is 6.18 Å². The first-order valence-corrected chi connectivity index (χ1v) is 13.9. The Morgan fingerprint density at radius 2 is 1.93 bits per heavy atom. The van der Waals surface area contributed by atoms with Crippen LogP contribution < -0.4 is 10.6 Å². The number of alkyl halides is 3. The predicted octanol–water partition coefficient (Wildman–Crippen LogP) is 4.67. The summed E-state index contributed by atoms with van der Waals surface area (Å²) >= 11 is 12.2. The van der Waals surface area contributed by atoms with Gasteiger partial charge in [-0.3, -0.25) is 24.2 Å². The molecule has 10 nitrogen and oxygen atoms in total. The summed E-state index contributed by atoms with van der Waals surface area (Å²) in [6, 6.07) is 2.46. The topological polar surface area (TPSA) is 107 Å². The molecule has 0 saturated carbocycles. The highest BCUT2D eigenvalue weighted by atomic mass is 35.5. The van der Waals surface area contributed by atoms with Crippen LogP contribution in [0.4, 0.5) is 23.0 Å². The number of hydrogen-bond acceptors (Lipinski definition) is 6. The zero-order valence-electron chi connectivity index (χ0n) is 21.6. The van der Waals surface area contributed by atoms with Crippen LogP contribution in [0.2, 0.25) is 10.0 Å². The highest BCUT2D eigenvalue weighted by molar-refractivity contribution is 7.94. The second kappa shape index (κ2) is 11.7. The molecule has 0 fully saturated rings. The second-order valence-corrected chi connectivity index (χ2v) is 11.6. The number of imidazole rings is 1. The van der Waals surface area contributed by atoms with E-state index < -0.39 is 23.7 Å². The van der Waals surface area contributed by atoms with Crippen molar-refractivity contribution in [2.75, 3.05) is 31.7 Å². The first-order chi connectivity index (χ1) is 18.8. The van der Waals surface area contributed by atoms with Crippen LogP contribution in [0.1, 0.15) is 31.4 Å². The lowest BCUT2D eigenvalue weighted by Gasteiger charge is -2.32. The molecule has 2 aromatic heterocycles. The van der Waals surface area contributed by atoms with E-state index in [9.17, 15) is 26.6 Å². The lowest BCUT2D eigenvalue weighted by Crippen LogP contribution is -2.63. The van der Waals surface area contributed by atoms with Crippen LogP contribution in [-0.4, -0.2) is 73.4 Å². The number of halogens is 6. The van der Waals surface area contributed by atoms with Crippen molar-refractivity contribution in [1.29, 1.82) is 0 Å². The number of nitrogens with zero attached hydrogens (tertiary/aromatic N) is 6. The van der Waals surface area contributed by atoms with Crippen LogP contribution in [-0.2, 0) is 28.3 Å². The summed E-state index contributed by atoms with van der Waals surface area (Å²) in [7, 11) is 4.00. The Balaban J connectivity index is 1.36. The third-order valence-corrected chi connectivity index (χ3v) is 7.62. The maximum absolute atomic E-state index is 14.5. The molecule has 1 unspecified atom stereocenters. The first-order valence-electron chi connectivity index (χ1n) is 12.3. The van der Waals surface area contributed by atoms with Crippen molar-refractivity contribution < 1.29 is 31.1 Å². The minimum atomic E-state index is -5.19. The van der Waals surface area contributed by atoms with Crippen LogP contribution in [0.25, 0.3) is 11.0 Å². The molecule has 0 radical (unpaired) electrons. The van der Waals surface area contributed by atoms with Crippen molar-refractivity contribution in [3.63, 3.8) is 0 Å². The SMILES string of the molecule is C[N+](C)(CCCCCC(=O)NC1(C(F)(F)F)C(=O)Nc2nc3cc(Cl)c(Cl)cc3n21)Cc1cn(CCSF)nn1. The molecule has 4 rings (SSSR count). The molecule has 0 spiro atoms. The molecule has 1 aromatic carbocycles. The van der Waals surface area contributed by atoms with Gasteiger partial charge in [0.05, 0.1) is 54.5 Å². The van der Waals surface area contributed by atoms with Gasteiger partial charge in [0.1, 0.15) is 12.2 Å². The van der Waals surface area contributed by atoms with Gasteiger partial charge in [0.15, 0.2) is 0 Å². The number of nitrogens with one attached hydrogen (secondary N) is 2. The van der Waals surface area contributed by atoms with E-state index in [1.807, 2.05) is 19.4 Å². The molecule has 2 amide bonds. The van der Waals surface area contributed by atoms with Gasteiger partial charge in [-0.05, 0) is 31.4 Å². The number of aryl methyl sites for hydroxylation is 1. The molecule has 3 aromatic rings. The lowest BCUT2D eigenvalue weighted by molar-refractivity contribution is -0.904. The second-order valence-electron chi connectivity index (χ2n) is 10.2. The standard InChI is InChI=1S/C23H26Cl2F4N8O2S/c1-37(2,13-14-12-35(34-33-14)7-9-40-29)8-5-3-4-6-19(38)32-22(23(26,27)28)20(39)31-21-30-17-10-15(24)16(25)11-18(17)36(21)22/h10-12H,3-9,13H2,1-2H3,(H-,30,31,32,38,39)/p+1. The first kappa shape index (κ1) is 30.3. The summed E-state index contributed by atoms with van der Waals surface area (Å²) < 4.78 is 58.5. The van der Waals surface area contributed by atoms with Crippen LogP contribution in [0, 0.1) is 0 Å². The monoisotopic (exact) mass is 625 g/mol. The van der Waals surface area contributed by atoms with Crippen molar-refractivity contribution in [2.45, 2.75) is 50.6 Å². The van der Waals surface area contributed by atoms with Gasteiger partial charge in [0, 0.05) is 24.3 Å². The number of carbonyl (C=O) groups excluding carboxylic acids is 2. The third kappa shape index (κ3) is 6.16. The summed E-state index contributed by atoms with van der Waals surface area (Å²) in [5, 5.41) is 12.2. The molecule has 1 aliphatic heterocycles. The number of quaternary nitrogens is 1. The minimum absolute atomic E-state index is 0.0274. The summed E-state index contributed by atoms with van der Waals surface area (Å²) in [5.74, 6) is -2.49. The smallest absolute Gasteiger partial charge is 0.323 e. The number of benzene rings is 1. The van der Waals surface area contributed by atoms with E-state index in [0.717, 1.165) is 12.2 Å². The number of rotatable bonds is 12. The predicted molar refractivity (Wildman–Crippen MR) is 143 cm³/mol. The summed E-state index contributed by atoms with van der Waals surface area (Å²) in [6.45, 7) is 1.72. The summed E-state index contributed by atoms with van der Waals surface area (Å²) in [5.41, 5.74) is -2.66. The average molecular weight is 626 g/mol. The van der Waals surface area contributed by atoms with Gasteiger partial charge in [-0.15, -0.1) is 5.10 Å². The van der Waals surface area contributed by atoms with Gasteiger partial charge in [0.2, 0.25) is 11.9 Å². The third-order valence-electron chi connectivity index (χ3n) is 6.56. The van der Waals surface area contributed by atoms with Crippen molar-refractivity contribution in [1.82, 2.24) is 29.9 Å². The van der Waals surface area contributed by atoms with Crippen LogP contribution >= 0.6 is 35.3 Å². The Labute approximate surface area is 241 Å². The number of aromatic nitrogens is 5. The Kier molecular flexibility index (Phi) is 8.88. The zero-order valence-corrected chi connectivity index (χ0v) is 23.9. The van der Waals surface area contributed by atoms with Gasteiger partial charge in [-0.2, -0.15) is 17.1 Å². The Morgan fingerprint density at radius 1 is 1.20 bits per heavy atom. The number of unbranched alkanes of at least 4 members (excludes halogenated alkanes) is 2. The van der Waals surface area contributed by atoms with E-state index >= 15 is 0 Å². The van der Waals surface area contributed by atoms with E-state index in [2.05, 4.69) is 20.6 Å². The van der Waals surface area contributed by atoms with Crippen LogP contribution in [0.15, 0.2) is 18.3 Å². The fourth-order valence-corrected chi connectivity index (χ4v) is 5.23. The zero-order chi connectivity index (χ0) is 29.3. The normalized spacial score (nSPS) is 17.4. The molecule has 0 bridgehead atoms. The van der Waals surface area contributed by atoms with E-state index in [1.54, 1.807) is 10.9 Å². The lowest BCUT2D eigenvalue weighted by atomic mass is 10.1. The fraction of sp³-hybridized carbons (Fsp3) is 0.522. The maximum atomic E-state index is 14.5. The fourth-order valence-electron chi connectivity index (χ4n) is 4.66. The number of hydrogen-bond donors (Lipinski definition) is 2. The molecule has 17 heteroatoms. The van der Waals surface area contributed by atoms with Gasteiger partial charge in [-0.25, -0.2) is 4.98 Å². The summed E-state index contributed by atoms with van der Waals surface area (Å²) in [6.07, 6.45) is -2.04. The molecule has 40 heavy (non-hydrogen) atoms. The number of fused-ring (bicyclic) bond motifs is 3. The van der Waals surface area contributed by atoms with Gasteiger partial charge in [0.25, 0.3) is 11.6 Å². The molecule has 1 atom stereocenters. The minimum Gasteiger partial charge on any atom is -0.323 e. The van der Waals surface area contributed by atoms with E-state index in [4.69, 9.17) is 23.2 Å². The molecule has 2 N–H and O–H groups in total. The van der Waals surface area contributed by atoms with E-state index in [0.29, 0.717) is 41.4 Å². The largest absolute Gasteiger partial charge is 0.440 e. The molecule has 3 heterocycles. The molecule has 0 saturated heterocycles. The molecule has 1 aliphatic rings. The van der Waals surface area contributed by atoms with Crippen molar-refractivity contribution in [3.05, 3.63) is 34.1 Å². The van der Waals surface area contributed by atoms with Crippen molar-refractivity contribution in [2.24, 2.45) is 0 Å². The Morgan fingerprint density at radius 3 is 2.62 bits per heavy atom. The highest BCUT2D eigenvalue weighted by Crippen LogP contribution is 2.45. The van der Waals surface area contributed by atoms with Crippen LogP contribution in [0.3, 0.4) is 0 Å². The summed E-state index contributed by atoms with van der Waals surface area (Å²) in [4.78, 5) is 29.5. The maximum Gasteiger partial charge on any atom is 0.440 e. The van der Waals surface area contributed by atoms with E-state index in [1.165, 1.54) is 12.1 Å². The quantitative estimate of drug-likeness (QED) is 0.172. The van der Waals surface area contributed by atoms with E-state index in [-0.39, 0.29) is 51.3 Å². The van der Waals surface area contributed by atoms with Crippen molar-refractivity contribution >= 4 is 64.1 Å². The highest BCUT2D eigenvalue weighted by Gasteiger charge is 2.67. The molecule has 0 aliphatic carbocycles. The van der Waals surface area contributed by atoms with Crippen LogP contribution in [0.5, 0.6) is 0 Å². The molecular weight excluding hydrogens is 599 g/mol. The molecular formula is C23H27Cl2F4N8O2S+. The number of amides is 2. The number of anilines is 1. The molecule has 218 valence electrons. The van der Waals surface area contributed by atoms with Gasteiger partial charge < -0.3 is 9.80 Å². The number of carbonyl (C=O) groups is 2. The average Bonchev–Trinajstić information content (AvgIpc) is 3.51. The van der Waals surface area contributed by atoms with Gasteiger partial charge in [-0.1, -0.05) is 28.4 Å². The Hall–Kier alpha value is -2.62. The Bertz CT molecular complexity index is 1410. The van der Waals surface area contributed by atoms with Crippen molar-refractivity contribution in [3.8, 4) is 0 Å².